The predicted octanol–water partition coefficient (Wildman–Crippen LogP) is 9.32. The Hall–Kier alpha value is -2.54. The lowest BCUT2D eigenvalue weighted by Crippen LogP contribution is -2.09. The third-order valence-corrected chi connectivity index (χ3v) is 6.10. The fraction of sp³-hybridized carbons (Fsp3) is 0.250. The van der Waals surface area contributed by atoms with E-state index >= 15 is 0 Å². The first-order valence-electron chi connectivity index (χ1n) is 10.1. The van der Waals surface area contributed by atoms with E-state index in [1.54, 1.807) is 42.5 Å². The number of aryl methyl sites for hydroxylation is 1. The van der Waals surface area contributed by atoms with Crippen molar-refractivity contribution in [3.8, 4) is 16.9 Å². The van der Waals surface area contributed by atoms with Gasteiger partial charge in [-0.25, -0.2) is 0 Å². The summed E-state index contributed by atoms with van der Waals surface area (Å²) in [5.74, 6) is -0.872. The highest BCUT2D eigenvalue weighted by Gasteiger charge is 2.67. The van der Waals surface area contributed by atoms with E-state index < -0.39 is 20.9 Å². The minimum atomic E-state index is -9.97. The molecule has 0 heterocycles. The molecule has 3 rings (SSSR count). The fourth-order valence-corrected chi connectivity index (χ4v) is 4.14. The van der Waals surface area contributed by atoms with E-state index in [1.165, 1.54) is 6.07 Å². The molecule has 0 aliphatic rings. The van der Waals surface area contributed by atoms with Crippen LogP contribution in [0.25, 0.3) is 11.1 Å². The third-order valence-electron chi connectivity index (χ3n) is 4.95. The van der Waals surface area contributed by atoms with Crippen molar-refractivity contribution in [1.82, 2.24) is 0 Å². The minimum absolute atomic E-state index is 0.0652. The van der Waals surface area contributed by atoms with Crippen LogP contribution in [-0.4, -0.2) is 0 Å². The number of ether oxygens (including phenoxy) is 1. The predicted molar refractivity (Wildman–Crippen MR) is 117 cm³/mol. The quantitative estimate of drug-likeness (QED) is 0.230. The summed E-state index contributed by atoms with van der Waals surface area (Å²) in [7, 11) is -9.97. The van der Waals surface area contributed by atoms with E-state index in [9.17, 15) is 19.4 Å². The smallest absolute Gasteiger partial charge is 0.313 e. The molecule has 0 amide bonds. The van der Waals surface area contributed by atoms with E-state index in [4.69, 9.17) is 4.74 Å². The largest absolute Gasteiger partial charge is 0.487 e. The minimum Gasteiger partial charge on any atom is -0.487 e. The number of hydrogen-bond acceptors (Lipinski definition) is 1. The second kappa shape index (κ2) is 8.19. The van der Waals surface area contributed by atoms with Gasteiger partial charge in [-0.05, 0) is 47.2 Å². The average Bonchev–Trinajstić information content (AvgIpc) is 2.72. The highest BCUT2D eigenvalue weighted by molar-refractivity contribution is 8.45. The Labute approximate surface area is 179 Å². The summed E-state index contributed by atoms with van der Waals surface area (Å²) in [4.78, 5) is -2.00. The van der Waals surface area contributed by atoms with Gasteiger partial charge in [0.2, 0.25) is 0 Å². The molecule has 0 N–H and O–H groups in total. The topological polar surface area (TPSA) is 9.23 Å². The molecule has 0 saturated carbocycles. The maximum atomic E-state index is 13.8. The lowest BCUT2D eigenvalue weighted by atomic mass is 10.0. The molecule has 0 bridgehead atoms. The molecule has 1 nitrogen and oxygen atoms in total. The molecular weight excluding hydrogens is 431 g/mol. The molecule has 7 heteroatoms. The van der Waals surface area contributed by atoms with E-state index in [0.717, 1.165) is 37.3 Å². The second-order valence-electron chi connectivity index (χ2n) is 7.56. The second-order valence-corrected chi connectivity index (χ2v) is 9.94. The van der Waals surface area contributed by atoms with Crippen LogP contribution in [0.1, 0.15) is 37.3 Å². The lowest BCUT2D eigenvalue weighted by Gasteiger charge is -2.41. The molecule has 3 aromatic carbocycles. The zero-order valence-electron chi connectivity index (χ0n) is 17.2. The van der Waals surface area contributed by atoms with Crippen molar-refractivity contribution in [2.45, 2.75) is 44.1 Å². The van der Waals surface area contributed by atoms with Crippen molar-refractivity contribution in [3.05, 3.63) is 83.9 Å². The van der Waals surface area contributed by atoms with Crippen LogP contribution < -0.4 is 4.74 Å². The van der Waals surface area contributed by atoms with E-state index in [0.29, 0.717) is 17.2 Å². The zero-order valence-corrected chi connectivity index (χ0v) is 18.0. The Bertz CT molecular complexity index is 1020. The Morgan fingerprint density at radius 3 is 1.97 bits per heavy atom. The number of hydrogen-bond donors (Lipinski definition) is 0. The highest BCUT2D eigenvalue weighted by Crippen LogP contribution is 3.03. The van der Waals surface area contributed by atoms with Crippen LogP contribution in [0.15, 0.2) is 77.7 Å². The maximum Gasteiger partial charge on any atom is 0.313 e. The summed E-state index contributed by atoms with van der Waals surface area (Å²) in [5, 5.41) is 0. The maximum absolute atomic E-state index is 13.8. The van der Waals surface area contributed by atoms with Gasteiger partial charge >= 0.3 is 10.2 Å². The van der Waals surface area contributed by atoms with Gasteiger partial charge in [0.1, 0.15) is 17.3 Å². The molecule has 0 aliphatic heterocycles. The van der Waals surface area contributed by atoms with Gasteiger partial charge in [0, 0.05) is 0 Å². The van der Waals surface area contributed by atoms with Crippen LogP contribution in [0.2, 0.25) is 0 Å². The first kappa shape index (κ1) is 23.1. The summed E-state index contributed by atoms with van der Waals surface area (Å²) in [6, 6.07) is 18.2. The van der Waals surface area contributed by atoms with Crippen molar-refractivity contribution in [2.75, 3.05) is 0 Å². The summed E-state index contributed by atoms with van der Waals surface area (Å²) >= 11 is 0. The molecule has 0 aliphatic carbocycles. The molecule has 0 spiro atoms. The average molecular weight is 457 g/mol. The molecule has 31 heavy (non-hydrogen) atoms. The van der Waals surface area contributed by atoms with Gasteiger partial charge in [-0.1, -0.05) is 99.9 Å². The number of benzene rings is 3. The Kier molecular flexibility index (Phi) is 6.11. The molecule has 168 valence electrons. The van der Waals surface area contributed by atoms with E-state index in [1.807, 2.05) is 12.1 Å². The van der Waals surface area contributed by atoms with Crippen LogP contribution >= 0.6 is 10.2 Å². The molecule has 0 unspecified atom stereocenters. The number of rotatable bonds is 9. The fourth-order valence-electron chi connectivity index (χ4n) is 3.29. The van der Waals surface area contributed by atoms with Crippen molar-refractivity contribution < 1.29 is 24.2 Å². The Morgan fingerprint density at radius 1 is 0.710 bits per heavy atom. The highest BCUT2D eigenvalue weighted by atomic mass is 32.5. The van der Waals surface area contributed by atoms with Gasteiger partial charge in [-0.2, -0.15) is 0 Å². The van der Waals surface area contributed by atoms with Crippen molar-refractivity contribution >= 4 is 10.2 Å². The zero-order chi connectivity index (χ0) is 22.6. The summed E-state index contributed by atoms with van der Waals surface area (Å²) in [5.41, 5.74) is 2.15. The molecule has 0 atom stereocenters. The Morgan fingerprint density at radius 2 is 1.35 bits per heavy atom. The lowest BCUT2D eigenvalue weighted by molar-refractivity contribution is 0.286. The van der Waals surface area contributed by atoms with Gasteiger partial charge in [0.25, 0.3) is 0 Å². The number of halogens is 5. The molecule has 0 saturated heterocycles. The monoisotopic (exact) mass is 456 g/mol. The molecular formula is C24H25F5OS. The normalized spacial score (nSPS) is 14.0. The van der Waals surface area contributed by atoms with Crippen molar-refractivity contribution in [1.29, 1.82) is 0 Å². The summed E-state index contributed by atoms with van der Waals surface area (Å²) < 4.78 is 74.1. The van der Waals surface area contributed by atoms with Crippen LogP contribution in [0.5, 0.6) is 5.75 Å². The van der Waals surface area contributed by atoms with Crippen molar-refractivity contribution in [2.24, 2.45) is 0 Å². The van der Waals surface area contributed by atoms with Crippen LogP contribution in [0, 0.1) is 0 Å². The third kappa shape index (κ3) is 6.47. The van der Waals surface area contributed by atoms with Crippen molar-refractivity contribution in [3.63, 3.8) is 0 Å². The van der Waals surface area contributed by atoms with Gasteiger partial charge in [-0.15, -0.1) is 0 Å². The molecule has 0 aromatic heterocycles. The molecule has 3 aromatic rings. The van der Waals surface area contributed by atoms with Gasteiger partial charge in [0.05, 0.1) is 0 Å². The first-order valence-corrected chi connectivity index (χ1v) is 12.1. The van der Waals surface area contributed by atoms with Gasteiger partial charge in [-0.3, -0.25) is 0 Å². The summed E-state index contributed by atoms with van der Waals surface area (Å²) in [6.07, 6.45) is 4.09. The SMILES string of the molecule is CCCCCc1ccc(-c2ccc(OCc3ccccc3)c(S(F)(F)(F)(F)F)c2)cc1. The number of unbranched alkanes of at least 4 members (excludes halogenated alkanes) is 2. The summed E-state index contributed by atoms with van der Waals surface area (Å²) in [6.45, 7) is 1.86. The molecule has 0 radical (unpaired) electrons. The van der Waals surface area contributed by atoms with E-state index in [-0.39, 0.29) is 12.2 Å². The first-order chi connectivity index (χ1) is 14.5. The van der Waals surface area contributed by atoms with Gasteiger partial charge in [0.15, 0.2) is 0 Å². The van der Waals surface area contributed by atoms with Gasteiger partial charge < -0.3 is 4.74 Å². The standard InChI is InChI=1S/C24H25F5OS/c1-2-3-5-8-19-11-13-21(14-12-19)22-15-16-23(24(17-22)31(25,26,27,28)29)30-18-20-9-6-4-7-10-20/h4,6-7,9-17H,2-3,5,8,18H2,1H3. The van der Waals surface area contributed by atoms with Crippen LogP contribution in [0.4, 0.5) is 19.4 Å². The Balaban J connectivity index is 1.91. The van der Waals surface area contributed by atoms with E-state index in [2.05, 4.69) is 6.92 Å². The van der Waals surface area contributed by atoms with Crippen LogP contribution in [0.3, 0.4) is 0 Å². The molecule has 0 fully saturated rings. The van der Waals surface area contributed by atoms with Crippen LogP contribution in [-0.2, 0) is 13.0 Å².